The van der Waals surface area contributed by atoms with E-state index in [1.54, 1.807) is 0 Å². The Labute approximate surface area is 195 Å². The fourth-order valence-corrected chi connectivity index (χ4v) is 4.72. The van der Waals surface area contributed by atoms with E-state index in [2.05, 4.69) is 23.8 Å². The lowest BCUT2D eigenvalue weighted by atomic mass is 9.77. The number of aromatic amines is 1. The third-order valence-corrected chi connectivity index (χ3v) is 6.64. The fraction of sp³-hybridized carbons (Fsp3) is 0.519. The molecule has 0 saturated heterocycles. The van der Waals surface area contributed by atoms with Gasteiger partial charge in [-0.1, -0.05) is 69.9 Å². The Bertz CT molecular complexity index is 1060. The molecule has 178 valence electrons. The van der Waals surface area contributed by atoms with E-state index in [4.69, 9.17) is 9.52 Å². The van der Waals surface area contributed by atoms with Crippen LogP contribution in [0.2, 0.25) is 0 Å². The Balaban J connectivity index is 0.000000292. The molecule has 2 aromatic heterocycles. The highest BCUT2D eigenvalue weighted by molar-refractivity contribution is 5.85. The Hall–Kier alpha value is -2.89. The zero-order chi connectivity index (χ0) is 23.6. The summed E-state index contributed by atoms with van der Waals surface area (Å²) < 4.78 is 6.04. The number of carbonyl (C=O) groups is 1. The van der Waals surface area contributed by atoms with Gasteiger partial charge < -0.3 is 14.5 Å². The topological polar surface area (TPSA) is 96.2 Å². The summed E-state index contributed by atoms with van der Waals surface area (Å²) in [6, 6.07) is 10.1. The van der Waals surface area contributed by atoms with Crippen LogP contribution in [-0.2, 0) is 4.79 Å². The van der Waals surface area contributed by atoms with Crippen molar-refractivity contribution in [2.45, 2.75) is 84.0 Å². The number of carboxylic acids is 1. The predicted octanol–water partition coefficient (Wildman–Crippen LogP) is 6.91. The molecule has 4 rings (SSSR count). The van der Waals surface area contributed by atoms with Crippen LogP contribution in [0.4, 0.5) is 0 Å². The van der Waals surface area contributed by atoms with Gasteiger partial charge in [0.1, 0.15) is 11.1 Å². The molecule has 33 heavy (non-hydrogen) atoms. The first kappa shape index (κ1) is 24.7. The molecule has 1 aliphatic carbocycles. The number of H-pyrrole nitrogens is 1. The first-order valence-corrected chi connectivity index (χ1v) is 12.3. The summed E-state index contributed by atoms with van der Waals surface area (Å²) in [6.07, 6.45) is 11.9. The average Bonchev–Trinajstić information content (AvgIpc) is 3.24. The summed E-state index contributed by atoms with van der Waals surface area (Å²) in [5, 5.41) is 8.85. The quantitative estimate of drug-likeness (QED) is 0.362. The molecule has 0 aliphatic heterocycles. The van der Waals surface area contributed by atoms with Gasteiger partial charge in [-0.25, -0.2) is 4.98 Å². The van der Waals surface area contributed by atoms with E-state index in [1.807, 2.05) is 30.3 Å². The molecule has 3 aromatic rings. The molecule has 1 aromatic carbocycles. The van der Waals surface area contributed by atoms with Crippen molar-refractivity contribution >= 4 is 17.1 Å². The van der Waals surface area contributed by atoms with Crippen molar-refractivity contribution in [1.29, 1.82) is 0 Å². The molecule has 2 N–H and O–H groups in total. The molecule has 1 saturated carbocycles. The average molecular weight is 453 g/mol. The van der Waals surface area contributed by atoms with Crippen LogP contribution in [0.3, 0.4) is 0 Å². The maximum absolute atomic E-state index is 12.5. The number of hydrogen-bond donors (Lipinski definition) is 2. The summed E-state index contributed by atoms with van der Waals surface area (Å²) in [5.74, 6) is 1.33. The summed E-state index contributed by atoms with van der Waals surface area (Å²) in [7, 11) is 0. The monoisotopic (exact) mass is 452 g/mol. The zero-order valence-corrected chi connectivity index (χ0v) is 19.8. The van der Waals surface area contributed by atoms with Crippen LogP contribution in [0.25, 0.3) is 22.4 Å². The van der Waals surface area contributed by atoms with Gasteiger partial charge >= 0.3 is 5.97 Å². The van der Waals surface area contributed by atoms with E-state index >= 15 is 0 Å². The third kappa shape index (κ3) is 6.56. The number of fused-ring (bicyclic) bond motifs is 1. The number of nitrogens with zero attached hydrogens (tertiary/aromatic N) is 1. The molecule has 0 unspecified atom stereocenters. The first-order valence-electron chi connectivity index (χ1n) is 12.3. The van der Waals surface area contributed by atoms with Gasteiger partial charge in [0.25, 0.3) is 5.56 Å². The maximum atomic E-state index is 12.5. The van der Waals surface area contributed by atoms with Gasteiger partial charge in [0.2, 0.25) is 5.71 Å². The second kappa shape index (κ2) is 12.4. The highest BCUT2D eigenvalue weighted by Crippen LogP contribution is 2.44. The van der Waals surface area contributed by atoms with Crippen LogP contribution in [0.1, 0.15) is 89.5 Å². The number of aliphatic carboxylic acids is 1. The van der Waals surface area contributed by atoms with Gasteiger partial charge in [-0.15, -0.1) is 0 Å². The van der Waals surface area contributed by atoms with Gasteiger partial charge in [0.05, 0.1) is 6.33 Å². The van der Waals surface area contributed by atoms with E-state index < -0.39 is 5.97 Å². The smallest absolute Gasteiger partial charge is 0.303 e. The molecule has 2 heterocycles. The van der Waals surface area contributed by atoms with E-state index in [0.29, 0.717) is 23.4 Å². The summed E-state index contributed by atoms with van der Waals surface area (Å²) in [4.78, 5) is 29.4. The molecule has 0 spiro atoms. The van der Waals surface area contributed by atoms with Gasteiger partial charge in [-0.3, -0.25) is 9.59 Å². The Morgan fingerprint density at radius 3 is 2.45 bits per heavy atom. The van der Waals surface area contributed by atoms with Crippen molar-refractivity contribution in [3.05, 3.63) is 52.6 Å². The van der Waals surface area contributed by atoms with Gasteiger partial charge in [-0.2, -0.15) is 0 Å². The lowest BCUT2D eigenvalue weighted by molar-refractivity contribution is -0.137. The van der Waals surface area contributed by atoms with Crippen LogP contribution < -0.4 is 5.56 Å². The number of aromatic nitrogens is 2. The Morgan fingerprint density at radius 1 is 1.09 bits per heavy atom. The number of furan rings is 1. The number of unbranched alkanes of at least 4 members (excludes halogenated alkanes) is 3. The van der Waals surface area contributed by atoms with E-state index in [9.17, 15) is 9.59 Å². The van der Waals surface area contributed by atoms with Crippen molar-refractivity contribution < 1.29 is 14.3 Å². The molecule has 0 atom stereocenters. The number of benzene rings is 1. The van der Waals surface area contributed by atoms with Crippen LogP contribution in [0, 0.1) is 5.92 Å². The number of rotatable bonds is 8. The molecule has 0 radical (unpaired) electrons. The lowest BCUT2D eigenvalue weighted by Crippen LogP contribution is -2.15. The molecule has 0 bridgehead atoms. The van der Waals surface area contributed by atoms with Crippen LogP contribution >= 0.6 is 0 Å². The van der Waals surface area contributed by atoms with Crippen molar-refractivity contribution in [3.63, 3.8) is 0 Å². The fourth-order valence-electron chi connectivity index (χ4n) is 4.72. The summed E-state index contributed by atoms with van der Waals surface area (Å²) >= 11 is 0. The Morgan fingerprint density at radius 2 is 1.82 bits per heavy atom. The predicted molar refractivity (Wildman–Crippen MR) is 131 cm³/mol. The minimum absolute atomic E-state index is 0.0986. The normalized spacial score (nSPS) is 18.0. The van der Waals surface area contributed by atoms with E-state index in [-0.39, 0.29) is 5.56 Å². The van der Waals surface area contributed by atoms with Crippen molar-refractivity contribution in [1.82, 2.24) is 9.97 Å². The number of nitrogens with one attached hydrogen (secondary N) is 1. The second-order valence-electron chi connectivity index (χ2n) is 8.95. The summed E-state index contributed by atoms with van der Waals surface area (Å²) in [5.41, 5.74) is 2.42. The SMILES string of the molecule is CCC1CCC(c2c(-c3ccccc3)oc3nc[nH]c(=O)c23)CC1.CCCCCCC(=O)O. The molecule has 6 nitrogen and oxygen atoms in total. The molecule has 6 heteroatoms. The summed E-state index contributed by atoms with van der Waals surface area (Å²) in [6.45, 7) is 4.38. The second-order valence-corrected chi connectivity index (χ2v) is 8.95. The molecule has 1 aliphatic rings. The number of carboxylic acid groups (broad SMARTS) is 1. The van der Waals surface area contributed by atoms with Crippen LogP contribution in [0.15, 0.2) is 45.9 Å². The molecular weight excluding hydrogens is 416 g/mol. The third-order valence-electron chi connectivity index (χ3n) is 6.64. The first-order chi connectivity index (χ1) is 16.0. The van der Waals surface area contributed by atoms with Crippen LogP contribution in [0.5, 0.6) is 0 Å². The molecular formula is C27H36N2O4. The lowest BCUT2D eigenvalue weighted by Gasteiger charge is -2.28. The largest absolute Gasteiger partial charge is 0.481 e. The molecule has 1 fully saturated rings. The van der Waals surface area contributed by atoms with Crippen molar-refractivity contribution in [2.24, 2.45) is 5.92 Å². The van der Waals surface area contributed by atoms with Gasteiger partial charge in [-0.05, 0) is 43.9 Å². The van der Waals surface area contributed by atoms with Gasteiger partial charge in [0, 0.05) is 17.5 Å². The highest BCUT2D eigenvalue weighted by atomic mass is 16.4. The van der Waals surface area contributed by atoms with Crippen LogP contribution in [-0.4, -0.2) is 21.0 Å². The van der Waals surface area contributed by atoms with E-state index in [0.717, 1.165) is 54.9 Å². The highest BCUT2D eigenvalue weighted by Gasteiger charge is 2.29. The minimum atomic E-state index is -0.675. The zero-order valence-electron chi connectivity index (χ0n) is 19.8. The van der Waals surface area contributed by atoms with Crippen molar-refractivity contribution in [2.75, 3.05) is 0 Å². The maximum Gasteiger partial charge on any atom is 0.303 e. The number of hydrogen-bond acceptors (Lipinski definition) is 4. The Kier molecular flexibility index (Phi) is 9.28. The standard InChI is InChI=1S/C20H22N2O2.C7H14O2/c1-2-13-8-10-14(11-9-13)16-17-19(23)21-12-22-20(17)24-18(16)15-6-4-3-5-7-15;1-2-3-4-5-6-7(8)9/h3-7,12-14H,2,8-11H2,1H3,(H,21,22,23);2-6H2,1H3,(H,8,9). The minimum Gasteiger partial charge on any atom is -0.481 e. The van der Waals surface area contributed by atoms with Crippen molar-refractivity contribution in [3.8, 4) is 11.3 Å². The van der Waals surface area contributed by atoms with Gasteiger partial charge in [0.15, 0.2) is 0 Å². The van der Waals surface area contributed by atoms with E-state index in [1.165, 1.54) is 32.0 Å². The molecule has 0 amide bonds.